The Morgan fingerprint density at radius 1 is 1.53 bits per heavy atom. The van der Waals surface area contributed by atoms with E-state index in [0.717, 1.165) is 12.3 Å². The monoisotopic (exact) mass is 214 g/mol. The summed E-state index contributed by atoms with van der Waals surface area (Å²) in [7, 11) is 0. The maximum atomic E-state index is 12.2. The van der Waals surface area contributed by atoms with Gasteiger partial charge in [-0.1, -0.05) is 0 Å². The van der Waals surface area contributed by atoms with E-state index in [1.165, 1.54) is 0 Å². The van der Waals surface area contributed by atoms with Crippen LogP contribution in [0, 0.1) is 11.3 Å². The van der Waals surface area contributed by atoms with Crippen molar-refractivity contribution in [1.82, 2.24) is 4.98 Å². The molecule has 0 bridgehead atoms. The SMILES string of the molecule is N#CCC(=O)c1ccnc(C(F)(F)F)c1. The molecule has 3 nitrogen and oxygen atoms in total. The first-order valence-electron chi connectivity index (χ1n) is 3.88. The van der Waals surface area contributed by atoms with Crippen molar-refractivity contribution in [1.29, 1.82) is 5.26 Å². The highest BCUT2D eigenvalue weighted by atomic mass is 19.4. The van der Waals surface area contributed by atoms with Crippen molar-refractivity contribution in [2.24, 2.45) is 0 Å². The Morgan fingerprint density at radius 2 is 2.20 bits per heavy atom. The van der Waals surface area contributed by atoms with E-state index < -0.39 is 24.1 Å². The number of hydrogen-bond donors (Lipinski definition) is 0. The molecular weight excluding hydrogens is 209 g/mol. The van der Waals surface area contributed by atoms with E-state index in [4.69, 9.17) is 5.26 Å². The lowest BCUT2D eigenvalue weighted by Crippen LogP contribution is -2.09. The van der Waals surface area contributed by atoms with Crippen LogP contribution < -0.4 is 0 Å². The average Bonchev–Trinajstić information content (AvgIpc) is 2.17. The molecule has 0 spiro atoms. The maximum absolute atomic E-state index is 12.2. The topological polar surface area (TPSA) is 53.8 Å². The second-order valence-corrected chi connectivity index (χ2v) is 2.69. The minimum Gasteiger partial charge on any atom is -0.293 e. The number of Topliss-reactive ketones (excluding diaryl/α,β-unsaturated/α-hetero) is 1. The number of aromatic nitrogens is 1. The first kappa shape index (κ1) is 11.2. The Bertz CT molecular complexity index is 420. The molecule has 0 saturated carbocycles. The van der Waals surface area contributed by atoms with Gasteiger partial charge in [-0.15, -0.1) is 0 Å². The average molecular weight is 214 g/mol. The van der Waals surface area contributed by atoms with E-state index >= 15 is 0 Å². The lowest BCUT2D eigenvalue weighted by Gasteiger charge is -2.05. The minimum atomic E-state index is -4.58. The number of ketones is 1. The molecule has 1 rings (SSSR count). The fraction of sp³-hybridized carbons (Fsp3) is 0.222. The Balaban J connectivity index is 3.04. The van der Waals surface area contributed by atoms with E-state index in [9.17, 15) is 18.0 Å². The van der Waals surface area contributed by atoms with Gasteiger partial charge in [0.2, 0.25) is 0 Å². The normalized spacial score (nSPS) is 10.8. The molecule has 1 heterocycles. The van der Waals surface area contributed by atoms with Gasteiger partial charge in [0.15, 0.2) is 5.78 Å². The molecular formula is C9H5F3N2O. The fourth-order valence-electron chi connectivity index (χ4n) is 0.933. The summed E-state index contributed by atoms with van der Waals surface area (Å²) in [5.41, 5.74) is -1.29. The molecule has 0 saturated heterocycles. The number of nitriles is 1. The third-order valence-electron chi connectivity index (χ3n) is 1.61. The number of pyridine rings is 1. The molecule has 0 aliphatic rings. The van der Waals surface area contributed by atoms with Gasteiger partial charge in [-0.3, -0.25) is 9.78 Å². The number of rotatable bonds is 2. The quantitative estimate of drug-likeness (QED) is 0.709. The van der Waals surface area contributed by atoms with Crippen molar-refractivity contribution < 1.29 is 18.0 Å². The van der Waals surface area contributed by atoms with Gasteiger partial charge in [-0.2, -0.15) is 18.4 Å². The molecule has 0 atom stereocenters. The summed E-state index contributed by atoms with van der Waals surface area (Å²) in [6.45, 7) is 0. The molecule has 0 aliphatic carbocycles. The van der Waals surface area contributed by atoms with E-state index in [-0.39, 0.29) is 5.56 Å². The van der Waals surface area contributed by atoms with Gasteiger partial charge in [0.1, 0.15) is 5.69 Å². The number of hydrogen-bond acceptors (Lipinski definition) is 3. The van der Waals surface area contributed by atoms with Gasteiger partial charge in [-0.25, -0.2) is 0 Å². The zero-order valence-electron chi connectivity index (χ0n) is 7.38. The summed E-state index contributed by atoms with van der Waals surface area (Å²) in [6, 6.07) is 3.36. The Kier molecular flexibility index (Phi) is 3.04. The molecule has 15 heavy (non-hydrogen) atoms. The number of nitrogens with zero attached hydrogens (tertiary/aromatic N) is 2. The van der Waals surface area contributed by atoms with Crippen molar-refractivity contribution in [3.8, 4) is 6.07 Å². The van der Waals surface area contributed by atoms with Gasteiger partial charge in [0, 0.05) is 11.8 Å². The molecule has 1 aromatic rings. The van der Waals surface area contributed by atoms with Crippen molar-refractivity contribution in [3.63, 3.8) is 0 Å². The predicted octanol–water partition coefficient (Wildman–Crippen LogP) is 2.20. The standard InChI is InChI=1S/C9H5F3N2O/c10-9(11,12)8-5-6(2-4-14-8)7(15)1-3-13/h2,4-5H,1H2. The first-order valence-corrected chi connectivity index (χ1v) is 3.88. The van der Waals surface area contributed by atoms with Crippen LogP contribution in [-0.4, -0.2) is 10.8 Å². The van der Waals surface area contributed by atoms with Crippen LogP contribution in [0.25, 0.3) is 0 Å². The zero-order valence-corrected chi connectivity index (χ0v) is 7.38. The molecule has 0 unspecified atom stereocenters. The summed E-state index contributed by atoms with van der Waals surface area (Å²) < 4.78 is 36.5. The van der Waals surface area contributed by atoms with E-state index in [1.54, 1.807) is 6.07 Å². The Morgan fingerprint density at radius 3 is 2.73 bits per heavy atom. The first-order chi connectivity index (χ1) is 6.95. The minimum absolute atomic E-state index is 0.154. The smallest absolute Gasteiger partial charge is 0.293 e. The highest BCUT2D eigenvalue weighted by molar-refractivity contribution is 5.97. The van der Waals surface area contributed by atoms with E-state index in [0.29, 0.717) is 6.07 Å². The largest absolute Gasteiger partial charge is 0.433 e. The molecule has 78 valence electrons. The number of carbonyl (C=O) groups is 1. The van der Waals surface area contributed by atoms with Crippen molar-refractivity contribution in [3.05, 3.63) is 29.6 Å². The third kappa shape index (κ3) is 2.77. The summed E-state index contributed by atoms with van der Waals surface area (Å²) in [4.78, 5) is 14.2. The zero-order chi connectivity index (χ0) is 11.5. The van der Waals surface area contributed by atoms with E-state index in [2.05, 4.69) is 4.98 Å². The molecule has 0 N–H and O–H groups in total. The third-order valence-corrected chi connectivity index (χ3v) is 1.61. The molecule has 0 aromatic carbocycles. The summed E-state index contributed by atoms with van der Waals surface area (Å²) in [5.74, 6) is -0.648. The number of alkyl halides is 3. The van der Waals surface area contributed by atoms with Crippen LogP contribution in [0.15, 0.2) is 18.3 Å². The van der Waals surface area contributed by atoms with Crippen LogP contribution >= 0.6 is 0 Å². The second-order valence-electron chi connectivity index (χ2n) is 2.69. The van der Waals surface area contributed by atoms with Crippen LogP contribution in [-0.2, 0) is 6.18 Å². The summed E-state index contributed by atoms with van der Waals surface area (Å²) in [5, 5.41) is 8.22. The van der Waals surface area contributed by atoms with Crippen LogP contribution in [0.2, 0.25) is 0 Å². The predicted molar refractivity (Wildman–Crippen MR) is 43.8 cm³/mol. The van der Waals surface area contributed by atoms with Crippen molar-refractivity contribution >= 4 is 5.78 Å². The molecule has 6 heteroatoms. The Hall–Kier alpha value is -1.90. The van der Waals surface area contributed by atoms with Crippen molar-refractivity contribution in [2.75, 3.05) is 0 Å². The van der Waals surface area contributed by atoms with Gasteiger partial charge in [0.05, 0.1) is 12.5 Å². The Labute approximate surface area is 83.2 Å². The van der Waals surface area contributed by atoms with Gasteiger partial charge >= 0.3 is 6.18 Å². The molecule has 0 aliphatic heterocycles. The number of carbonyl (C=O) groups excluding carboxylic acids is 1. The fourth-order valence-corrected chi connectivity index (χ4v) is 0.933. The van der Waals surface area contributed by atoms with E-state index in [1.807, 2.05) is 0 Å². The summed E-state index contributed by atoms with van der Waals surface area (Å²) in [6.07, 6.45) is -4.13. The van der Waals surface area contributed by atoms with Crippen molar-refractivity contribution in [2.45, 2.75) is 12.6 Å². The molecule has 1 aromatic heterocycles. The van der Waals surface area contributed by atoms with Crippen LogP contribution in [0.3, 0.4) is 0 Å². The van der Waals surface area contributed by atoms with Crippen LogP contribution in [0.1, 0.15) is 22.5 Å². The van der Waals surface area contributed by atoms with Crippen LogP contribution in [0.5, 0.6) is 0 Å². The van der Waals surface area contributed by atoms with Gasteiger partial charge in [-0.05, 0) is 12.1 Å². The maximum Gasteiger partial charge on any atom is 0.433 e. The van der Waals surface area contributed by atoms with Gasteiger partial charge in [0.25, 0.3) is 0 Å². The highest BCUT2D eigenvalue weighted by Gasteiger charge is 2.32. The number of halogens is 3. The lowest BCUT2D eigenvalue weighted by molar-refractivity contribution is -0.141. The van der Waals surface area contributed by atoms with Gasteiger partial charge < -0.3 is 0 Å². The summed E-state index contributed by atoms with van der Waals surface area (Å²) >= 11 is 0. The second kappa shape index (κ2) is 4.09. The highest BCUT2D eigenvalue weighted by Crippen LogP contribution is 2.27. The molecule has 0 fully saturated rings. The van der Waals surface area contributed by atoms with Crippen LogP contribution in [0.4, 0.5) is 13.2 Å². The molecule has 0 radical (unpaired) electrons. The molecule has 0 amide bonds. The lowest BCUT2D eigenvalue weighted by atomic mass is 10.1.